The summed E-state index contributed by atoms with van der Waals surface area (Å²) in [6.45, 7) is 5.11. The molecule has 1 aromatic carbocycles. The first-order chi connectivity index (χ1) is 11.7. The highest BCUT2D eigenvalue weighted by Gasteiger charge is 2.12. The van der Waals surface area contributed by atoms with Crippen molar-refractivity contribution in [3.8, 4) is 0 Å². The molecule has 0 N–H and O–H groups in total. The largest absolute Gasteiger partial charge is 0.462 e. The van der Waals surface area contributed by atoms with Gasteiger partial charge in [-0.25, -0.2) is 9.59 Å². The van der Waals surface area contributed by atoms with Gasteiger partial charge in [0.15, 0.2) is 0 Å². The van der Waals surface area contributed by atoms with Crippen LogP contribution in [0.5, 0.6) is 0 Å². The maximum Gasteiger partial charge on any atom is 0.338 e. The fraction of sp³-hybridized carbons (Fsp3) is 0.600. The molecule has 0 unspecified atom stereocenters. The summed E-state index contributed by atoms with van der Waals surface area (Å²) >= 11 is 0. The van der Waals surface area contributed by atoms with E-state index >= 15 is 0 Å². The van der Waals surface area contributed by atoms with Gasteiger partial charge in [0.1, 0.15) is 0 Å². The molecule has 0 heterocycles. The van der Waals surface area contributed by atoms with Crippen LogP contribution in [0.25, 0.3) is 0 Å². The summed E-state index contributed by atoms with van der Waals surface area (Å²) in [5, 5.41) is 0. The van der Waals surface area contributed by atoms with Crippen LogP contribution in [0.3, 0.4) is 0 Å². The van der Waals surface area contributed by atoms with Crippen LogP contribution in [0.15, 0.2) is 24.3 Å². The average molecular weight is 334 g/mol. The summed E-state index contributed by atoms with van der Waals surface area (Å²) in [6.07, 6.45) is 8.53. The highest BCUT2D eigenvalue weighted by molar-refractivity contribution is 5.95. The zero-order valence-corrected chi connectivity index (χ0v) is 15.0. The van der Waals surface area contributed by atoms with Crippen LogP contribution in [-0.2, 0) is 9.47 Å². The number of carbonyl (C=O) groups is 2. The lowest BCUT2D eigenvalue weighted by Crippen LogP contribution is -2.10. The number of carbonyl (C=O) groups excluding carboxylic acids is 2. The number of unbranched alkanes of at least 4 members (excludes halogenated alkanes) is 6. The first-order valence-electron chi connectivity index (χ1n) is 9.13. The average Bonchev–Trinajstić information content (AvgIpc) is 2.61. The van der Waals surface area contributed by atoms with Crippen molar-refractivity contribution in [2.45, 2.75) is 65.2 Å². The summed E-state index contributed by atoms with van der Waals surface area (Å²) in [6, 6.07) is 6.54. The second-order valence-corrected chi connectivity index (χ2v) is 5.97. The fourth-order valence-electron chi connectivity index (χ4n) is 2.33. The molecule has 0 aliphatic rings. The van der Waals surface area contributed by atoms with Crippen LogP contribution in [0.2, 0.25) is 0 Å². The van der Waals surface area contributed by atoms with Gasteiger partial charge in [0.05, 0.1) is 24.3 Å². The fourth-order valence-corrected chi connectivity index (χ4v) is 2.33. The van der Waals surface area contributed by atoms with Crippen molar-refractivity contribution >= 4 is 11.9 Å². The Morgan fingerprint density at radius 1 is 0.750 bits per heavy atom. The predicted octanol–water partition coefficient (Wildman–Crippen LogP) is 5.16. The molecule has 0 aliphatic carbocycles. The van der Waals surface area contributed by atoms with Gasteiger partial charge in [0.2, 0.25) is 0 Å². The van der Waals surface area contributed by atoms with E-state index in [4.69, 9.17) is 9.47 Å². The molecule has 1 rings (SSSR count). The van der Waals surface area contributed by atoms with E-state index in [1.54, 1.807) is 24.3 Å². The molecule has 0 saturated carbocycles. The quantitative estimate of drug-likeness (QED) is 0.391. The van der Waals surface area contributed by atoms with E-state index in [1.807, 2.05) is 0 Å². The number of ether oxygens (including phenoxy) is 2. The third-order valence-corrected chi connectivity index (χ3v) is 3.80. The Morgan fingerprint density at radius 2 is 1.21 bits per heavy atom. The topological polar surface area (TPSA) is 52.6 Å². The van der Waals surface area contributed by atoms with Gasteiger partial charge < -0.3 is 9.47 Å². The monoisotopic (exact) mass is 334 g/mol. The van der Waals surface area contributed by atoms with Crippen LogP contribution < -0.4 is 0 Å². The highest BCUT2D eigenvalue weighted by atomic mass is 16.5. The van der Waals surface area contributed by atoms with Crippen molar-refractivity contribution in [3.05, 3.63) is 35.4 Å². The van der Waals surface area contributed by atoms with Crippen LogP contribution in [0.1, 0.15) is 85.9 Å². The molecule has 0 fully saturated rings. The molecule has 0 saturated heterocycles. The van der Waals surface area contributed by atoms with Crippen molar-refractivity contribution in [1.82, 2.24) is 0 Å². The van der Waals surface area contributed by atoms with Crippen molar-refractivity contribution in [2.24, 2.45) is 0 Å². The number of hydrogen-bond donors (Lipinski definition) is 0. The molecule has 134 valence electrons. The zero-order valence-electron chi connectivity index (χ0n) is 15.0. The first-order valence-corrected chi connectivity index (χ1v) is 9.13. The first kappa shape index (κ1) is 20.2. The minimum atomic E-state index is -0.389. The van der Waals surface area contributed by atoms with E-state index in [-0.39, 0.29) is 11.9 Å². The second kappa shape index (κ2) is 12.6. The van der Waals surface area contributed by atoms with Gasteiger partial charge in [-0.3, -0.25) is 0 Å². The Labute approximate surface area is 145 Å². The predicted molar refractivity (Wildman–Crippen MR) is 95.3 cm³/mol. The van der Waals surface area contributed by atoms with Gasteiger partial charge >= 0.3 is 11.9 Å². The number of rotatable bonds is 12. The van der Waals surface area contributed by atoms with Gasteiger partial charge in [0.25, 0.3) is 0 Å². The normalized spacial score (nSPS) is 10.4. The molecule has 4 heteroatoms. The highest BCUT2D eigenvalue weighted by Crippen LogP contribution is 2.10. The van der Waals surface area contributed by atoms with Crippen LogP contribution in [0.4, 0.5) is 0 Å². The summed E-state index contributed by atoms with van der Waals surface area (Å²) in [7, 11) is 0. The molecule has 1 aromatic rings. The van der Waals surface area contributed by atoms with Crippen molar-refractivity contribution in [2.75, 3.05) is 13.2 Å². The van der Waals surface area contributed by atoms with Crippen molar-refractivity contribution in [3.63, 3.8) is 0 Å². The molecular weight excluding hydrogens is 304 g/mol. The van der Waals surface area contributed by atoms with E-state index in [9.17, 15) is 9.59 Å². The lowest BCUT2D eigenvalue weighted by molar-refractivity contribution is 0.0496. The Bertz CT molecular complexity index is 496. The molecule has 0 amide bonds. The Balaban J connectivity index is 2.40. The minimum absolute atomic E-state index is 0.383. The molecule has 0 radical (unpaired) electrons. The standard InChI is InChI=1S/C20H30O4/c1-3-5-7-8-10-15-24-20(22)18-13-11-12-17(16-18)19(21)23-14-9-6-4-2/h11-13,16H,3-10,14-15H2,1-2H3. The van der Waals surface area contributed by atoms with Crippen LogP contribution >= 0.6 is 0 Å². The van der Waals surface area contributed by atoms with Gasteiger partial charge in [-0.15, -0.1) is 0 Å². The maximum atomic E-state index is 12.0. The number of hydrogen-bond acceptors (Lipinski definition) is 4. The molecular formula is C20H30O4. The van der Waals surface area contributed by atoms with Gasteiger partial charge in [-0.2, -0.15) is 0 Å². The second-order valence-electron chi connectivity index (χ2n) is 5.97. The third-order valence-electron chi connectivity index (χ3n) is 3.80. The van der Waals surface area contributed by atoms with Crippen molar-refractivity contribution < 1.29 is 19.1 Å². The molecule has 0 bridgehead atoms. The SMILES string of the molecule is CCCCCCCOC(=O)c1cccc(C(=O)OCCCCC)c1. The smallest absolute Gasteiger partial charge is 0.338 e. The van der Waals surface area contributed by atoms with E-state index in [1.165, 1.54) is 19.3 Å². The van der Waals surface area contributed by atoms with E-state index in [0.717, 1.165) is 32.1 Å². The lowest BCUT2D eigenvalue weighted by atomic mass is 10.1. The van der Waals surface area contributed by atoms with E-state index < -0.39 is 0 Å². The Kier molecular flexibility index (Phi) is 10.6. The molecule has 0 spiro atoms. The summed E-state index contributed by atoms with van der Waals surface area (Å²) in [5.41, 5.74) is 0.787. The van der Waals surface area contributed by atoms with E-state index in [2.05, 4.69) is 13.8 Å². The third kappa shape index (κ3) is 8.14. The van der Waals surface area contributed by atoms with Crippen LogP contribution in [-0.4, -0.2) is 25.2 Å². The molecule has 4 nitrogen and oxygen atoms in total. The Morgan fingerprint density at radius 3 is 1.75 bits per heavy atom. The Hall–Kier alpha value is -1.84. The lowest BCUT2D eigenvalue weighted by Gasteiger charge is -2.07. The van der Waals surface area contributed by atoms with E-state index in [0.29, 0.717) is 24.3 Å². The summed E-state index contributed by atoms with van der Waals surface area (Å²) < 4.78 is 10.5. The van der Waals surface area contributed by atoms with Gasteiger partial charge in [-0.1, -0.05) is 58.4 Å². The summed E-state index contributed by atoms with van der Waals surface area (Å²) in [4.78, 5) is 24.0. The van der Waals surface area contributed by atoms with Gasteiger partial charge in [-0.05, 0) is 31.0 Å². The number of esters is 2. The molecule has 0 atom stereocenters. The van der Waals surface area contributed by atoms with Crippen LogP contribution in [0, 0.1) is 0 Å². The number of benzene rings is 1. The molecule has 0 aromatic heterocycles. The molecule has 0 aliphatic heterocycles. The van der Waals surface area contributed by atoms with Crippen molar-refractivity contribution in [1.29, 1.82) is 0 Å². The minimum Gasteiger partial charge on any atom is -0.462 e. The summed E-state index contributed by atoms with van der Waals surface area (Å²) in [5.74, 6) is -0.772. The van der Waals surface area contributed by atoms with Gasteiger partial charge in [0, 0.05) is 0 Å². The maximum absolute atomic E-state index is 12.0. The molecule has 24 heavy (non-hydrogen) atoms. The zero-order chi connectivity index (χ0) is 17.6.